The minimum absolute atomic E-state index is 0.224. The lowest BCUT2D eigenvalue weighted by molar-refractivity contribution is -0.137. The molecule has 0 atom stereocenters. The highest BCUT2D eigenvalue weighted by Crippen LogP contribution is 2.30. The average molecular weight is 364 g/mol. The SMILES string of the molecule is CC(=O)N(CC(=O)Nc1cccc(C)c1C)c1ccc(C(F)(F)F)cc1. The molecule has 0 radical (unpaired) electrons. The predicted molar refractivity (Wildman–Crippen MR) is 94.0 cm³/mol. The summed E-state index contributed by atoms with van der Waals surface area (Å²) in [6.07, 6.45) is -4.46. The summed E-state index contributed by atoms with van der Waals surface area (Å²) in [6.45, 7) is 4.73. The Labute approximate surface area is 149 Å². The minimum Gasteiger partial charge on any atom is -0.324 e. The lowest BCUT2D eigenvalue weighted by Gasteiger charge is -2.21. The van der Waals surface area contributed by atoms with E-state index in [9.17, 15) is 22.8 Å². The third kappa shape index (κ3) is 4.62. The Morgan fingerprint density at radius 2 is 1.65 bits per heavy atom. The van der Waals surface area contributed by atoms with Crippen molar-refractivity contribution < 1.29 is 22.8 Å². The summed E-state index contributed by atoms with van der Waals surface area (Å²) in [5.74, 6) is -0.880. The molecule has 0 spiro atoms. The number of anilines is 2. The summed E-state index contributed by atoms with van der Waals surface area (Å²) in [5.41, 5.74) is 1.95. The number of nitrogens with zero attached hydrogens (tertiary/aromatic N) is 1. The Kier molecular flexibility index (Phi) is 5.69. The number of benzene rings is 2. The third-order valence-electron chi connectivity index (χ3n) is 4.07. The van der Waals surface area contributed by atoms with Gasteiger partial charge in [-0.25, -0.2) is 0 Å². The standard InChI is InChI=1S/C19H19F3N2O2/c1-12-5-4-6-17(13(12)2)23-18(26)11-24(14(3)25)16-9-7-15(8-10-16)19(20,21)22/h4-10H,11H2,1-3H3,(H,23,26). The van der Waals surface area contributed by atoms with Crippen LogP contribution >= 0.6 is 0 Å². The van der Waals surface area contributed by atoms with Gasteiger partial charge in [-0.1, -0.05) is 12.1 Å². The van der Waals surface area contributed by atoms with Gasteiger partial charge >= 0.3 is 6.18 Å². The van der Waals surface area contributed by atoms with Crippen LogP contribution in [0.3, 0.4) is 0 Å². The lowest BCUT2D eigenvalue weighted by Crippen LogP contribution is -2.36. The molecule has 138 valence electrons. The molecule has 0 bridgehead atoms. The van der Waals surface area contributed by atoms with Crippen LogP contribution in [0.5, 0.6) is 0 Å². The highest BCUT2D eigenvalue weighted by atomic mass is 19.4. The number of nitrogens with one attached hydrogen (secondary N) is 1. The second-order valence-electron chi connectivity index (χ2n) is 5.95. The largest absolute Gasteiger partial charge is 0.416 e. The molecule has 0 aromatic heterocycles. The van der Waals surface area contributed by atoms with Gasteiger partial charge in [-0.05, 0) is 55.3 Å². The highest BCUT2D eigenvalue weighted by molar-refractivity contribution is 6.02. The fourth-order valence-electron chi connectivity index (χ4n) is 2.43. The number of halogens is 3. The van der Waals surface area contributed by atoms with Crippen molar-refractivity contribution in [2.45, 2.75) is 26.9 Å². The number of hydrogen-bond acceptors (Lipinski definition) is 2. The molecular formula is C19H19F3N2O2. The maximum atomic E-state index is 12.7. The molecule has 7 heteroatoms. The maximum absolute atomic E-state index is 12.7. The minimum atomic E-state index is -4.46. The van der Waals surface area contributed by atoms with Crippen LogP contribution in [-0.2, 0) is 15.8 Å². The molecule has 0 unspecified atom stereocenters. The first-order valence-electron chi connectivity index (χ1n) is 7.91. The van der Waals surface area contributed by atoms with Crippen LogP contribution in [0.2, 0.25) is 0 Å². The molecular weight excluding hydrogens is 345 g/mol. The fraction of sp³-hybridized carbons (Fsp3) is 0.263. The van der Waals surface area contributed by atoms with Gasteiger partial charge in [0.2, 0.25) is 11.8 Å². The lowest BCUT2D eigenvalue weighted by atomic mass is 10.1. The normalized spacial score (nSPS) is 11.2. The van der Waals surface area contributed by atoms with E-state index in [1.165, 1.54) is 19.1 Å². The van der Waals surface area contributed by atoms with Gasteiger partial charge in [-0.15, -0.1) is 0 Å². The van der Waals surface area contributed by atoms with Crippen molar-refractivity contribution in [3.05, 3.63) is 59.2 Å². The van der Waals surface area contributed by atoms with E-state index >= 15 is 0 Å². The van der Waals surface area contributed by atoms with Crippen LogP contribution in [-0.4, -0.2) is 18.4 Å². The molecule has 0 saturated heterocycles. The molecule has 4 nitrogen and oxygen atoms in total. The van der Waals surface area contributed by atoms with Crippen molar-refractivity contribution in [2.75, 3.05) is 16.8 Å². The molecule has 1 N–H and O–H groups in total. The van der Waals surface area contributed by atoms with Crippen molar-refractivity contribution in [3.63, 3.8) is 0 Å². The zero-order chi connectivity index (χ0) is 19.5. The van der Waals surface area contributed by atoms with Crippen LogP contribution in [0.4, 0.5) is 24.5 Å². The van der Waals surface area contributed by atoms with E-state index in [4.69, 9.17) is 0 Å². The van der Waals surface area contributed by atoms with Crippen molar-refractivity contribution in [1.82, 2.24) is 0 Å². The first kappa shape index (κ1) is 19.5. The average Bonchev–Trinajstić information content (AvgIpc) is 2.56. The molecule has 0 fully saturated rings. The van der Waals surface area contributed by atoms with E-state index < -0.39 is 23.6 Å². The van der Waals surface area contributed by atoms with Crippen LogP contribution in [0.25, 0.3) is 0 Å². The second-order valence-corrected chi connectivity index (χ2v) is 5.95. The zero-order valence-electron chi connectivity index (χ0n) is 14.6. The van der Waals surface area contributed by atoms with E-state index in [0.29, 0.717) is 5.69 Å². The summed E-state index contributed by atoms with van der Waals surface area (Å²) in [4.78, 5) is 25.3. The van der Waals surface area contributed by atoms with Gasteiger partial charge in [-0.3, -0.25) is 9.59 Å². The number of carbonyl (C=O) groups excluding carboxylic acids is 2. The van der Waals surface area contributed by atoms with Gasteiger partial charge < -0.3 is 10.2 Å². The quantitative estimate of drug-likeness (QED) is 0.879. The summed E-state index contributed by atoms with van der Waals surface area (Å²) >= 11 is 0. The Balaban J connectivity index is 2.16. The van der Waals surface area contributed by atoms with Gasteiger partial charge in [-0.2, -0.15) is 13.2 Å². The highest BCUT2D eigenvalue weighted by Gasteiger charge is 2.30. The van der Waals surface area contributed by atoms with Gasteiger partial charge in [0.15, 0.2) is 0 Å². The second kappa shape index (κ2) is 7.59. The number of alkyl halides is 3. The van der Waals surface area contributed by atoms with Gasteiger partial charge in [0.25, 0.3) is 0 Å². The molecule has 0 aliphatic carbocycles. The summed E-state index contributed by atoms with van der Waals surface area (Å²) in [7, 11) is 0. The summed E-state index contributed by atoms with van der Waals surface area (Å²) < 4.78 is 38.0. The Morgan fingerprint density at radius 1 is 1.04 bits per heavy atom. The fourth-order valence-corrected chi connectivity index (χ4v) is 2.43. The molecule has 2 aromatic carbocycles. The van der Waals surface area contributed by atoms with Crippen LogP contribution in [0.15, 0.2) is 42.5 Å². The monoisotopic (exact) mass is 364 g/mol. The van der Waals surface area contributed by atoms with Gasteiger partial charge in [0.1, 0.15) is 6.54 Å². The molecule has 2 amide bonds. The molecule has 0 aliphatic rings. The topological polar surface area (TPSA) is 49.4 Å². The third-order valence-corrected chi connectivity index (χ3v) is 4.07. The van der Waals surface area contributed by atoms with Gasteiger partial charge in [0, 0.05) is 18.3 Å². The Morgan fingerprint density at radius 3 is 2.19 bits per heavy atom. The predicted octanol–water partition coefficient (Wildman–Crippen LogP) is 4.31. The molecule has 0 saturated carbocycles. The molecule has 0 heterocycles. The summed E-state index contributed by atoms with van der Waals surface area (Å²) in [6, 6.07) is 9.58. The van der Waals surface area contributed by atoms with Crippen molar-refractivity contribution in [1.29, 1.82) is 0 Å². The van der Waals surface area contributed by atoms with Crippen LogP contribution < -0.4 is 10.2 Å². The number of amides is 2. The van der Waals surface area contributed by atoms with E-state index in [2.05, 4.69) is 5.32 Å². The Bertz CT molecular complexity index is 815. The molecule has 2 rings (SSSR count). The summed E-state index contributed by atoms with van der Waals surface area (Å²) in [5, 5.41) is 2.73. The number of rotatable bonds is 4. The van der Waals surface area contributed by atoms with E-state index in [1.54, 1.807) is 12.1 Å². The van der Waals surface area contributed by atoms with Crippen molar-refractivity contribution in [2.24, 2.45) is 0 Å². The van der Waals surface area contributed by atoms with E-state index in [0.717, 1.165) is 28.2 Å². The number of aryl methyl sites for hydroxylation is 1. The smallest absolute Gasteiger partial charge is 0.324 e. The maximum Gasteiger partial charge on any atom is 0.416 e. The van der Waals surface area contributed by atoms with E-state index in [1.807, 2.05) is 19.9 Å². The number of carbonyl (C=O) groups is 2. The van der Waals surface area contributed by atoms with Crippen LogP contribution in [0.1, 0.15) is 23.6 Å². The first-order valence-corrected chi connectivity index (χ1v) is 7.91. The van der Waals surface area contributed by atoms with Crippen LogP contribution in [0, 0.1) is 13.8 Å². The number of hydrogen-bond donors (Lipinski definition) is 1. The molecule has 0 aliphatic heterocycles. The molecule has 2 aromatic rings. The van der Waals surface area contributed by atoms with Crippen molar-refractivity contribution >= 4 is 23.2 Å². The Hall–Kier alpha value is -2.83. The molecule has 26 heavy (non-hydrogen) atoms. The van der Waals surface area contributed by atoms with Crippen molar-refractivity contribution in [3.8, 4) is 0 Å². The van der Waals surface area contributed by atoms with E-state index in [-0.39, 0.29) is 12.2 Å². The zero-order valence-corrected chi connectivity index (χ0v) is 14.6. The first-order chi connectivity index (χ1) is 12.1. The van der Waals surface area contributed by atoms with Gasteiger partial charge in [0.05, 0.1) is 5.56 Å².